The molecule has 0 radical (unpaired) electrons. The van der Waals surface area contributed by atoms with E-state index in [2.05, 4.69) is 20.4 Å². The summed E-state index contributed by atoms with van der Waals surface area (Å²) < 4.78 is 23.7. The number of nitrogens with one attached hydrogen (secondary N) is 1. The van der Waals surface area contributed by atoms with Crippen molar-refractivity contribution >= 4 is 17.8 Å². The van der Waals surface area contributed by atoms with Crippen LogP contribution in [0.3, 0.4) is 0 Å². The van der Waals surface area contributed by atoms with Crippen LogP contribution in [0.25, 0.3) is 0 Å². The van der Waals surface area contributed by atoms with E-state index in [1.165, 1.54) is 0 Å². The van der Waals surface area contributed by atoms with Gasteiger partial charge in [-0.25, -0.2) is 14.5 Å². The molecule has 4 heterocycles. The molecular weight excluding hydrogens is 424 g/mol. The molecule has 11 nitrogen and oxygen atoms in total. The van der Waals surface area contributed by atoms with Gasteiger partial charge < -0.3 is 24.3 Å². The molecule has 1 N–H and O–H groups in total. The SMILES string of the molecule is O=C(NCCN1CCOCC1)N1CCSc2nnc(COc3ccc4c(c3)OCO4)n21. The lowest BCUT2D eigenvalue weighted by atomic mass is 10.3. The number of thioether (sulfide) groups is 1. The monoisotopic (exact) mass is 448 g/mol. The van der Waals surface area contributed by atoms with Crippen molar-refractivity contribution < 1.29 is 23.7 Å². The second-order valence-corrected chi connectivity index (χ2v) is 8.23. The Kier molecular flexibility index (Phi) is 6.00. The largest absolute Gasteiger partial charge is 0.485 e. The Hall–Kier alpha value is -2.70. The first-order valence-corrected chi connectivity index (χ1v) is 11.2. The number of carbonyl (C=O) groups is 1. The van der Waals surface area contributed by atoms with E-state index in [9.17, 15) is 4.79 Å². The van der Waals surface area contributed by atoms with E-state index in [1.54, 1.807) is 33.6 Å². The van der Waals surface area contributed by atoms with Crippen LogP contribution < -0.4 is 24.5 Å². The number of morpholine rings is 1. The van der Waals surface area contributed by atoms with Crippen LogP contribution in [-0.2, 0) is 11.3 Å². The van der Waals surface area contributed by atoms with Crippen molar-refractivity contribution in [1.82, 2.24) is 25.1 Å². The number of ether oxygens (including phenoxy) is 4. The van der Waals surface area contributed by atoms with Gasteiger partial charge in [-0.1, -0.05) is 11.8 Å². The Morgan fingerprint density at radius 2 is 2.03 bits per heavy atom. The van der Waals surface area contributed by atoms with Gasteiger partial charge in [0.15, 0.2) is 17.3 Å². The fourth-order valence-corrected chi connectivity index (χ4v) is 4.46. The normalized spacial score (nSPS) is 18.0. The minimum atomic E-state index is -0.168. The molecule has 31 heavy (non-hydrogen) atoms. The summed E-state index contributed by atoms with van der Waals surface area (Å²) in [6.07, 6.45) is 0. The van der Waals surface area contributed by atoms with Gasteiger partial charge in [-0.3, -0.25) is 4.90 Å². The van der Waals surface area contributed by atoms with E-state index in [0.29, 0.717) is 41.3 Å². The molecule has 1 aromatic heterocycles. The highest BCUT2D eigenvalue weighted by Crippen LogP contribution is 2.35. The molecule has 0 aliphatic carbocycles. The highest BCUT2D eigenvalue weighted by Gasteiger charge is 2.28. The molecule has 3 aliphatic heterocycles. The predicted octanol–water partition coefficient (Wildman–Crippen LogP) is 0.671. The molecule has 0 saturated carbocycles. The highest BCUT2D eigenvalue weighted by molar-refractivity contribution is 7.99. The third-order valence-corrected chi connectivity index (χ3v) is 6.11. The van der Waals surface area contributed by atoms with Crippen LogP contribution >= 0.6 is 11.8 Å². The number of benzene rings is 1. The maximum absolute atomic E-state index is 12.9. The Labute approximate surface area is 183 Å². The molecule has 3 aliphatic rings. The van der Waals surface area contributed by atoms with Gasteiger partial charge in [-0.15, -0.1) is 10.2 Å². The third-order valence-electron chi connectivity index (χ3n) is 5.21. The lowest BCUT2D eigenvalue weighted by Gasteiger charge is -2.30. The van der Waals surface area contributed by atoms with E-state index in [1.807, 2.05) is 6.07 Å². The summed E-state index contributed by atoms with van der Waals surface area (Å²) in [5.41, 5.74) is 0. The maximum atomic E-state index is 12.9. The number of aromatic nitrogens is 3. The van der Waals surface area contributed by atoms with Crippen molar-refractivity contribution in [2.24, 2.45) is 0 Å². The van der Waals surface area contributed by atoms with Gasteiger partial charge in [-0.2, -0.15) is 0 Å². The van der Waals surface area contributed by atoms with Gasteiger partial charge in [0.1, 0.15) is 12.4 Å². The fraction of sp³-hybridized carbons (Fsp3) is 0.526. The third kappa shape index (κ3) is 4.50. The standard InChI is InChI=1S/C19H24N6O5S/c26-18(20-3-4-23-5-8-27-9-6-23)24-7-10-31-19-22-21-17(25(19)24)12-28-14-1-2-15-16(11-14)30-13-29-15/h1-2,11H,3-10,12-13H2,(H,20,26). The molecule has 0 atom stereocenters. The minimum absolute atomic E-state index is 0.168. The number of hydrogen-bond donors (Lipinski definition) is 1. The second-order valence-electron chi connectivity index (χ2n) is 7.17. The van der Waals surface area contributed by atoms with E-state index in [4.69, 9.17) is 18.9 Å². The van der Waals surface area contributed by atoms with E-state index >= 15 is 0 Å². The highest BCUT2D eigenvalue weighted by atomic mass is 32.2. The molecule has 5 rings (SSSR count). The van der Waals surface area contributed by atoms with E-state index in [-0.39, 0.29) is 19.4 Å². The van der Waals surface area contributed by atoms with Crippen LogP contribution in [0.15, 0.2) is 23.4 Å². The molecule has 2 amide bonds. The number of urea groups is 1. The van der Waals surface area contributed by atoms with Crippen LogP contribution in [0.4, 0.5) is 4.79 Å². The van der Waals surface area contributed by atoms with Crippen molar-refractivity contribution in [2.45, 2.75) is 11.8 Å². The maximum Gasteiger partial charge on any atom is 0.336 e. The van der Waals surface area contributed by atoms with Crippen LogP contribution in [0.5, 0.6) is 17.2 Å². The topological polar surface area (TPSA) is 103 Å². The quantitative estimate of drug-likeness (QED) is 0.683. The fourth-order valence-electron chi connectivity index (χ4n) is 3.59. The van der Waals surface area contributed by atoms with Gasteiger partial charge in [0, 0.05) is 38.0 Å². The molecule has 2 aromatic rings. The predicted molar refractivity (Wildman–Crippen MR) is 111 cm³/mol. The van der Waals surface area contributed by atoms with Gasteiger partial charge >= 0.3 is 6.03 Å². The van der Waals surface area contributed by atoms with Crippen LogP contribution in [0.1, 0.15) is 5.82 Å². The van der Waals surface area contributed by atoms with E-state index < -0.39 is 0 Å². The zero-order valence-corrected chi connectivity index (χ0v) is 17.8. The summed E-state index contributed by atoms with van der Waals surface area (Å²) >= 11 is 1.57. The minimum Gasteiger partial charge on any atom is -0.485 e. The Bertz CT molecular complexity index is 935. The zero-order chi connectivity index (χ0) is 21.0. The molecule has 1 saturated heterocycles. The zero-order valence-electron chi connectivity index (χ0n) is 17.0. The van der Waals surface area contributed by atoms with Gasteiger partial charge in [0.2, 0.25) is 11.9 Å². The second kappa shape index (κ2) is 9.20. The van der Waals surface area contributed by atoms with Crippen molar-refractivity contribution in [3.63, 3.8) is 0 Å². The van der Waals surface area contributed by atoms with Crippen LogP contribution in [-0.4, -0.2) is 84.3 Å². The summed E-state index contributed by atoms with van der Waals surface area (Å²) in [7, 11) is 0. The average molecular weight is 449 g/mol. The molecule has 0 spiro atoms. The summed E-state index contributed by atoms with van der Waals surface area (Å²) in [6.45, 7) is 5.60. The van der Waals surface area contributed by atoms with Gasteiger partial charge in [0.05, 0.1) is 19.8 Å². The number of nitrogens with zero attached hydrogens (tertiary/aromatic N) is 5. The van der Waals surface area contributed by atoms with Crippen molar-refractivity contribution in [3.8, 4) is 17.2 Å². The summed E-state index contributed by atoms with van der Waals surface area (Å²) in [5.74, 6) is 3.30. The number of carbonyl (C=O) groups excluding carboxylic acids is 1. The lowest BCUT2D eigenvalue weighted by Crippen LogP contribution is -2.52. The molecule has 1 aromatic carbocycles. The molecule has 0 unspecified atom stereocenters. The summed E-state index contributed by atoms with van der Waals surface area (Å²) in [5, 5.41) is 13.8. The smallest absolute Gasteiger partial charge is 0.336 e. The first kappa shape index (κ1) is 20.2. The average Bonchev–Trinajstić information content (AvgIpc) is 3.44. The number of amides is 2. The van der Waals surface area contributed by atoms with Crippen molar-refractivity contribution in [1.29, 1.82) is 0 Å². The first-order valence-electron chi connectivity index (χ1n) is 10.2. The number of hydrogen-bond acceptors (Lipinski definition) is 9. The molecular formula is C19H24N6O5S. The van der Waals surface area contributed by atoms with E-state index in [0.717, 1.165) is 38.6 Å². The number of rotatable bonds is 6. The van der Waals surface area contributed by atoms with Crippen molar-refractivity contribution in [3.05, 3.63) is 24.0 Å². The molecule has 12 heteroatoms. The summed E-state index contributed by atoms with van der Waals surface area (Å²) in [4.78, 5) is 15.2. The Balaban J connectivity index is 1.21. The molecule has 0 bridgehead atoms. The molecule has 1 fully saturated rings. The van der Waals surface area contributed by atoms with Crippen LogP contribution in [0.2, 0.25) is 0 Å². The Morgan fingerprint density at radius 3 is 2.94 bits per heavy atom. The van der Waals surface area contributed by atoms with Gasteiger partial charge in [0.25, 0.3) is 0 Å². The van der Waals surface area contributed by atoms with Gasteiger partial charge in [-0.05, 0) is 12.1 Å². The molecule has 166 valence electrons. The first-order chi connectivity index (χ1) is 15.3. The van der Waals surface area contributed by atoms with Crippen LogP contribution in [0, 0.1) is 0 Å². The summed E-state index contributed by atoms with van der Waals surface area (Å²) in [6, 6.07) is 5.23. The Morgan fingerprint density at radius 1 is 1.16 bits per heavy atom. The number of fused-ring (bicyclic) bond motifs is 2. The lowest BCUT2D eigenvalue weighted by molar-refractivity contribution is 0.0387. The van der Waals surface area contributed by atoms with Crippen molar-refractivity contribution in [2.75, 3.05) is 63.5 Å².